The van der Waals surface area contributed by atoms with Gasteiger partial charge in [-0.3, -0.25) is 4.79 Å². The molecule has 0 aliphatic heterocycles. The van der Waals surface area contributed by atoms with Crippen molar-refractivity contribution >= 4 is 33.3 Å². The molecule has 2 rings (SSSR count). The van der Waals surface area contributed by atoms with E-state index in [9.17, 15) is 4.79 Å². The van der Waals surface area contributed by atoms with Gasteiger partial charge in [0, 0.05) is 15.1 Å². The average molecular weight is 340 g/mol. The topological polar surface area (TPSA) is 26.3 Å². The molecule has 98 valence electrons. The summed E-state index contributed by atoms with van der Waals surface area (Å²) in [6.45, 7) is 1.95. The molecule has 0 atom stereocenters. The zero-order valence-corrected chi connectivity index (χ0v) is 12.9. The number of hydrogen-bond acceptors (Lipinski definition) is 2. The van der Waals surface area contributed by atoms with Crippen molar-refractivity contribution in [3.8, 4) is 5.75 Å². The molecule has 2 aromatic rings. The van der Waals surface area contributed by atoms with Crippen LogP contribution in [0.2, 0.25) is 5.02 Å². The van der Waals surface area contributed by atoms with Crippen molar-refractivity contribution in [3.05, 3.63) is 62.6 Å². The maximum absolute atomic E-state index is 12.5. The molecular weight excluding hydrogens is 328 g/mol. The summed E-state index contributed by atoms with van der Waals surface area (Å²) in [6, 6.07) is 10.4. The first-order valence-corrected chi connectivity index (χ1v) is 6.84. The third kappa shape index (κ3) is 2.99. The van der Waals surface area contributed by atoms with Crippen molar-refractivity contribution in [1.82, 2.24) is 0 Å². The fraction of sp³-hybridized carbons (Fsp3) is 0.133. The molecule has 0 unspecified atom stereocenters. The summed E-state index contributed by atoms with van der Waals surface area (Å²) in [5.74, 6) is 0.481. The van der Waals surface area contributed by atoms with Crippen LogP contribution in [-0.2, 0) is 0 Å². The standard InChI is InChI=1S/C15H12BrClO2/c1-9-7-14(19-2)12(8-13(9)16)15(18)10-3-5-11(17)6-4-10/h3-8H,1-2H3. The summed E-state index contributed by atoms with van der Waals surface area (Å²) in [5, 5.41) is 0.605. The van der Waals surface area contributed by atoms with Gasteiger partial charge >= 0.3 is 0 Å². The minimum atomic E-state index is -0.0887. The Bertz CT molecular complexity index is 621. The lowest BCUT2D eigenvalue weighted by atomic mass is 10.0. The fourth-order valence-electron chi connectivity index (χ4n) is 1.76. The van der Waals surface area contributed by atoms with E-state index in [1.54, 1.807) is 37.4 Å². The molecule has 0 saturated carbocycles. The van der Waals surface area contributed by atoms with Crippen molar-refractivity contribution < 1.29 is 9.53 Å². The molecule has 0 saturated heterocycles. The van der Waals surface area contributed by atoms with Gasteiger partial charge in [-0.05, 0) is 48.9 Å². The molecule has 0 aliphatic rings. The van der Waals surface area contributed by atoms with Gasteiger partial charge in [0.15, 0.2) is 5.78 Å². The number of hydrogen-bond donors (Lipinski definition) is 0. The summed E-state index contributed by atoms with van der Waals surface area (Å²) in [6.07, 6.45) is 0. The van der Waals surface area contributed by atoms with Crippen LogP contribution in [0.1, 0.15) is 21.5 Å². The Morgan fingerprint density at radius 3 is 2.42 bits per heavy atom. The Labute approximate surface area is 125 Å². The second-order valence-electron chi connectivity index (χ2n) is 4.14. The predicted octanol–water partition coefficient (Wildman–Crippen LogP) is 4.65. The lowest BCUT2D eigenvalue weighted by molar-refractivity contribution is 0.103. The van der Waals surface area contributed by atoms with E-state index in [-0.39, 0.29) is 5.78 Å². The highest BCUT2D eigenvalue weighted by Crippen LogP contribution is 2.29. The van der Waals surface area contributed by atoms with Gasteiger partial charge in [-0.25, -0.2) is 0 Å². The van der Waals surface area contributed by atoms with E-state index in [4.69, 9.17) is 16.3 Å². The molecule has 0 aliphatic carbocycles. The number of aryl methyl sites for hydroxylation is 1. The number of methoxy groups -OCH3 is 1. The van der Waals surface area contributed by atoms with Crippen LogP contribution in [0.25, 0.3) is 0 Å². The zero-order chi connectivity index (χ0) is 14.0. The van der Waals surface area contributed by atoms with Gasteiger partial charge in [-0.2, -0.15) is 0 Å². The molecule has 0 bridgehead atoms. The molecule has 0 amide bonds. The predicted molar refractivity (Wildman–Crippen MR) is 80.3 cm³/mol. The number of ketones is 1. The van der Waals surface area contributed by atoms with E-state index in [2.05, 4.69) is 15.9 Å². The number of ether oxygens (including phenoxy) is 1. The van der Waals surface area contributed by atoms with Gasteiger partial charge in [-0.15, -0.1) is 0 Å². The highest BCUT2D eigenvalue weighted by Gasteiger charge is 2.16. The Morgan fingerprint density at radius 2 is 1.84 bits per heavy atom. The van der Waals surface area contributed by atoms with E-state index in [0.29, 0.717) is 21.9 Å². The van der Waals surface area contributed by atoms with Gasteiger partial charge in [0.25, 0.3) is 0 Å². The number of halogens is 2. The maximum atomic E-state index is 12.5. The first-order valence-electron chi connectivity index (χ1n) is 5.67. The zero-order valence-electron chi connectivity index (χ0n) is 10.5. The van der Waals surface area contributed by atoms with Crippen LogP contribution in [0.15, 0.2) is 40.9 Å². The van der Waals surface area contributed by atoms with Crippen molar-refractivity contribution in [3.63, 3.8) is 0 Å². The number of benzene rings is 2. The Morgan fingerprint density at radius 1 is 1.21 bits per heavy atom. The average Bonchev–Trinajstić information content (AvgIpc) is 2.41. The molecule has 0 radical (unpaired) electrons. The Kier molecular flexibility index (Phi) is 4.27. The van der Waals surface area contributed by atoms with Crippen LogP contribution in [0.5, 0.6) is 5.75 Å². The van der Waals surface area contributed by atoms with Crippen LogP contribution < -0.4 is 4.74 Å². The summed E-state index contributed by atoms with van der Waals surface area (Å²) >= 11 is 9.26. The van der Waals surface area contributed by atoms with Crippen molar-refractivity contribution in [1.29, 1.82) is 0 Å². The summed E-state index contributed by atoms with van der Waals surface area (Å²) in [5.41, 5.74) is 2.13. The van der Waals surface area contributed by atoms with Crippen LogP contribution >= 0.6 is 27.5 Å². The lowest BCUT2D eigenvalue weighted by Crippen LogP contribution is -2.04. The van der Waals surface area contributed by atoms with Gasteiger partial charge < -0.3 is 4.74 Å². The van der Waals surface area contributed by atoms with Crippen LogP contribution in [0.4, 0.5) is 0 Å². The molecule has 0 heterocycles. The third-order valence-corrected chi connectivity index (χ3v) is 3.94. The first-order chi connectivity index (χ1) is 9.02. The number of carbonyl (C=O) groups excluding carboxylic acids is 1. The first kappa shape index (κ1) is 14.1. The molecule has 0 N–H and O–H groups in total. The minimum Gasteiger partial charge on any atom is -0.496 e. The maximum Gasteiger partial charge on any atom is 0.196 e. The van der Waals surface area contributed by atoms with Gasteiger partial charge in [0.05, 0.1) is 12.7 Å². The second kappa shape index (κ2) is 5.76. The summed E-state index contributed by atoms with van der Waals surface area (Å²) < 4.78 is 6.16. The van der Waals surface area contributed by atoms with Crippen LogP contribution in [0.3, 0.4) is 0 Å². The fourth-order valence-corrected chi connectivity index (χ4v) is 2.23. The third-order valence-electron chi connectivity index (χ3n) is 2.83. The molecule has 19 heavy (non-hydrogen) atoms. The molecule has 4 heteroatoms. The SMILES string of the molecule is COc1cc(C)c(Br)cc1C(=O)c1ccc(Cl)cc1. The number of rotatable bonds is 3. The quantitative estimate of drug-likeness (QED) is 0.761. The van der Waals surface area contributed by atoms with Crippen LogP contribution in [-0.4, -0.2) is 12.9 Å². The minimum absolute atomic E-state index is 0.0887. The summed E-state index contributed by atoms with van der Waals surface area (Å²) in [7, 11) is 1.56. The van der Waals surface area contributed by atoms with Gasteiger partial charge in [0.1, 0.15) is 5.75 Å². The van der Waals surface area contributed by atoms with E-state index in [0.717, 1.165) is 10.0 Å². The number of carbonyl (C=O) groups is 1. The highest BCUT2D eigenvalue weighted by molar-refractivity contribution is 9.10. The molecular formula is C15H12BrClO2. The van der Waals surface area contributed by atoms with E-state index in [1.165, 1.54) is 0 Å². The lowest BCUT2D eigenvalue weighted by Gasteiger charge is -2.10. The van der Waals surface area contributed by atoms with E-state index < -0.39 is 0 Å². The van der Waals surface area contributed by atoms with Gasteiger partial charge in [0.2, 0.25) is 0 Å². The monoisotopic (exact) mass is 338 g/mol. The molecule has 2 nitrogen and oxygen atoms in total. The molecule has 0 fully saturated rings. The normalized spacial score (nSPS) is 10.3. The van der Waals surface area contributed by atoms with Crippen molar-refractivity contribution in [2.45, 2.75) is 6.92 Å². The van der Waals surface area contributed by atoms with E-state index in [1.807, 2.05) is 13.0 Å². The van der Waals surface area contributed by atoms with Crippen molar-refractivity contribution in [2.24, 2.45) is 0 Å². The van der Waals surface area contributed by atoms with Gasteiger partial charge in [-0.1, -0.05) is 27.5 Å². The Hall–Kier alpha value is -1.32. The molecule has 0 spiro atoms. The molecule has 0 aromatic heterocycles. The second-order valence-corrected chi connectivity index (χ2v) is 5.43. The van der Waals surface area contributed by atoms with E-state index >= 15 is 0 Å². The van der Waals surface area contributed by atoms with Crippen LogP contribution in [0, 0.1) is 6.92 Å². The Balaban J connectivity index is 2.49. The molecule has 2 aromatic carbocycles. The smallest absolute Gasteiger partial charge is 0.196 e. The highest BCUT2D eigenvalue weighted by atomic mass is 79.9. The van der Waals surface area contributed by atoms with Crippen molar-refractivity contribution in [2.75, 3.05) is 7.11 Å². The summed E-state index contributed by atoms with van der Waals surface area (Å²) in [4.78, 5) is 12.5. The largest absolute Gasteiger partial charge is 0.496 e.